The van der Waals surface area contributed by atoms with Crippen LogP contribution in [0.2, 0.25) is 0 Å². The SMILES string of the molecule is COC(COc1cc(-c2nnn(C3CCNCC3)c2C)cn2ncc(C#N)c12)c1ncccc1C. The Morgan fingerprint density at radius 1 is 1.29 bits per heavy atom. The third-order valence-corrected chi connectivity index (χ3v) is 6.58. The Morgan fingerprint density at radius 2 is 2.11 bits per heavy atom. The van der Waals surface area contributed by atoms with Gasteiger partial charge in [0, 0.05) is 25.1 Å². The van der Waals surface area contributed by atoms with E-state index in [9.17, 15) is 5.26 Å². The van der Waals surface area contributed by atoms with Crippen molar-refractivity contribution < 1.29 is 9.47 Å². The molecule has 180 valence electrons. The third kappa shape index (κ3) is 4.36. The lowest BCUT2D eigenvalue weighted by molar-refractivity contribution is 0.0545. The molecule has 0 amide bonds. The molecular weight excluding hydrogens is 444 g/mol. The molecule has 0 aromatic carbocycles. The highest BCUT2D eigenvalue weighted by Crippen LogP contribution is 2.32. The summed E-state index contributed by atoms with van der Waals surface area (Å²) in [6, 6.07) is 8.32. The summed E-state index contributed by atoms with van der Waals surface area (Å²) in [6.07, 6.45) is 6.83. The molecule has 1 unspecified atom stereocenters. The Balaban J connectivity index is 1.51. The lowest BCUT2D eigenvalue weighted by Gasteiger charge is -2.23. The number of aryl methyl sites for hydroxylation is 1. The van der Waals surface area contributed by atoms with Gasteiger partial charge in [-0.05, 0) is 57.5 Å². The fourth-order valence-electron chi connectivity index (χ4n) is 4.67. The number of piperidine rings is 1. The number of pyridine rings is 2. The molecule has 4 aromatic rings. The fourth-order valence-corrected chi connectivity index (χ4v) is 4.67. The molecule has 35 heavy (non-hydrogen) atoms. The predicted molar refractivity (Wildman–Crippen MR) is 129 cm³/mol. The summed E-state index contributed by atoms with van der Waals surface area (Å²) >= 11 is 0. The van der Waals surface area contributed by atoms with Crippen molar-refractivity contribution in [1.82, 2.24) is 34.9 Å². The van der Waals surface area contributed by atoms with E-state index in [0.717, 1.165) is 54.1 Å². The van der Waals surface area contributed by atoms with Gasteiger partial charge in [-0.15, -0.1) is 5.10 Å². The van der Waals surface area contributed by atoms with Crippen LogP contribution in [0.5, 0.6) is 5.75 Å². The van der Waals surface area contributed by atoms with Crippen molar-refractivity contribution in [2.24, 2.45) is 0 Å². The first-order chi connectivity index (χ1) is 17.1. The van der Waals surface area contributed by atoms with E-state index in [-0.39, 0.29) is 12.7 Å². The van der Waals surface area contributed by atoms with Crippen molar-refractivity contribution in [3.63, 3.8) is 0 Å². The van der Waals surface area contributed by atoms with Gasteiger partial charge in [-0.25, -0.2) is 9.20 Å². The molecule has 10 nitrogen and oxygen atoms in total. The van der Waals surface area contributed by atoms with Crippen LogP contribution in [0, 0.1) is 25.2 Å². The van der Waals surface area contributed by atoms with Crippen LogP contribution in [0.1, 0.15) is 47.5 Å². The second kappa shape index (κ2) is 9.82. The van der Waals surface area contributed by atoms with Gasteiger partial charge in [0.2, 0.25) is 0 Å². The molecule has 1 fully saturated rings. The Morgan fingerprint density at radius 3 is 2.86 bits per heavy atom. The number of hydrogen-bond acceptors (Lipinski definition) is 8. The van der Waals surface area contributed by atoms with Crippen LogP contribution < -0.4 is 10.1 Å². The van der Waals surface area contributed by atoms with Crippen LogP contribution in [0.4, 0.5) is 0 Å². The van der Waals surface area contributed by atoms with E-state index < -0.39 is 0 Å². The summed E-state index contributed by atoms with van der Waals surface area (Å²) in [5, 5.41) is 26.4. The first-order valence-corrected chi connectivity index (χ1v) is 11.7. The Bertz CT molecular complexity index is 1380. The highest BCUT2D eigenvalue weighted by atomic mass is 16.5. The first kappa shape index (κ1) is 23.0. The number of fused-ring (bicyclic) bond motifs is 1. The third-order valence-electron chi connectivity index (χ3n) is 6.58. The minimum Gasteiger partial charge on any atom is -0.488 e. The zero-order valence-electron chi connectivity index (χ0n) is 20.1. The summed E-state index contributed by atoms with van der Waals surface area (Å²) < 4.78 is 15.6. The molecule has 1 saturated heterocycles. The van der Waals surface area contributed by atoms with Crippen molar-refractivity contribution >= 4 is 5.52 Å². The molecule has 0 radical (unpaired) electrons. The van der Waals surface area contributed by atoms with Crippen molar-refractivity contribution in [2.75, 3.05) is 26.8 Å². The van der Waals surface area contributed by atoms with Gasteiger partial charge >= 0.3 is 0 Å². The number of nitrogens with one attached hydrogen (secondary N) is 1. The highest BCUT2D eigenvalue weighted by Gasteiger charge is 2.23. The molecule has 1 aliphatic heterocycles. The van der Waals surface area contributed by atoms with Gasteiger partial charge in [-0.1, -0.05) is 11.3 Å². The quantitative estimate of drug-likeness (QED) is 0.436. The van der Waals surface area contributed by atoms with Crippen molar-refractivity contribution in [3.05, 3.63) is 59.3 Å². The molecule has 0 aliphatic carbocycles. The zero-order valence-corrected chi connectivity index (χ0v) is 20.1. The summed E-state index contributed by atoms with van der Waals surface area (Å²) in [5.74, 6) is 0.531. The number of hydrogen-bond donors (Lipinski definition) is 1. The number of ether oxygens (including phenoxy) is 2. The second-order valence-electron chi connectivity index (χ2n) is 8.75. The Kier molecular flexibility index (Phi) is 6.44. The van der Waals surface area contributed by atoms with Crippen LogP contribution in [0.25, 0.3) is 16.8 Å². The monoisotopic (exact) mass is 472 g/mol. The smallest absolute Gasteiger partial charge is 0.147 e. The number of methoxy groups -OCH3 is 1. The van der Waals surface area contributed by atoms with Gasteiger partial charge in [0.1, 0.15) is 41.3 Å². The van der Waals surface area contributed by atoms with Crippen LogP contribution in [0.3, 0.4) is 0 Å². The van der Waals surface area contributed by atoms with E-state index in [1.54, 1.807) is 24.0 Å². The normalized spacial score (nSPS) is 15.3. The molecule has 5 rings (SSSR count). The molecule has 0 saturated carbocycles. The summed E-state index contributed by atoms with van der Waals surface area (Å²) in [4.78, 5) is 4.47. The molecular formula is C25H28N8O2. The minimum absolute atomic E-state index is 0.226. The summed E-state index contributed by atoms with van der Waals surface area (Å²) in [7, 11) is 1.64. The van der Waals surface area contributed by atoms with Gasteiger partial charge in [-0.3, -0.25) is 4.98 Å². The number of rotatable bonds is 7. The summed E-state index contributed by atoms with van der Waals surface area (Å²) in [5.41, 5.74) is 5.46. The van der Waals surface area contributed by atoms with Crippen LogP contribution in [-0.2, 0) is 4.74 Å². The molecule has 0 bridgehead atoms. The number of nitriles is 1. The van der Waals surface area contributed by atoms with Crippen molar-refractivity contribution in [3.8, 4) is 23.1 Å². The molecule has 10 heteroatoms. The van der Waals surface area contributed by atoms with E-state index in [4.69, 9.17) is 9.47 Å². The molecule has 5 heterocycles. The molecule has 1 N–H and O–H groups in total. The van der Waals surface area contributed by atoms with Gasteiger partial charge in [0.05, 0.1) is 23.6 Å². The molecule has 1 aliphatic rings. The number of aromatic nitrogens is 6. The average molecular weight is 473 g/mol. The molecule has 0 spiro atoms. The average Bonchev–Trinajstić information content (AvgIpc) is 3.49. The Labute approximate surface area is 203 Å². The van der Waals surface area contributed by atoms with E-state index in [1.807, 2.05) is 42.9 Å². The van der Waals surface area contributed by atoms with E-state index >= 15 is 0 Å². The van der Waals surface area contributed by atoms with E-state index in [1.165, 1.54) is 0 Å². The fraction of sp³-hybridized carbons (Fsp3) is 0.400. The van der Waals surface area contributed by atoms with Crippen molar-refractivity contribution in [1.29, 1.82) is 5.26 Å². The van der Waals surface area contributed by atoms with Crippen LogP contribution >= 0.6 is 0 Å². The molecule has 1 atom stereocenters. The van der Waals surface area contributed by atoms with Gasteiger partial charge in [0.15, 0.2) is 0 Å². The van der Waals surface area contributed by atoms with Crippen molar-refractivity contribution in [2.45, 2.75) is 38.8 Å². The van der Waals surface area contributed by atoms with Crippen LogP contribution in [0.15, 0.2) is 36.8 Å². The molecule has 4 aromatic heterocycles. The van der Waals surface area contributed by atoms with Gasteiger partial charge < -0.3 is 14.8 Å². The maximum atomic E-state index is 9.64. The lowest BCUT2D eigenvalue weighted by atomic mass is 10.1. The van der Waals surface area contributed by atoms with Crippen LogP contribution in [-0.4, -0.2) is 56.4 Å². The van der Waals surface area contributed by atoms with E-state index in [2.05, 4.69) is 31.8 Å². The maximum absolute atomic E-state index is 9.64. The maximum Gasteiger partial charge on any atom is 0.147 e. The topological polar surface area (TPSA) is 115 Å². The Hall–Kier alpha value is -3.81. The standard InChI is InChI=1S/C25H28N8O2/c1-16-5-4-8-28-23(16)22(34-3)15-35-21-11-18(14-32-25(21)19(12-26)13-29-32)24-17(2)33(31-30-24)20-6-9-27-10-7-20/h4-5,8,11,13-14,20,22,27H,6-7,9-10,15H2,1-3H3. The lowest BCUT2D eigenvalue weighted by Crippen LogP contribution is -2.30. The van der Waals surface area contributed by atoms with Gasteiger partial charge in [0.25, 0.3) is 0 Å². The highest BCUT2D eigenvalue weighted by molar-refractivity contribution is 5.74. The number of nitrogens with zero attached hydrogens (tertiary/aromatic N) is 7. The van der Waals surface area contributed by atoms with E-state index in [0.29, 0.717) is 22.9 Å². The summed E-state index contributed by atoms with van der Waals surface area (Å²) in [6.45, 7) is 6.21. The first-order valence-electron chi connectivity index (χ1n) is 11.7. The van der Waals surface area contributed by atoms with Gasteiger partial charge in [-0.2, -0.15) is 10.4 Å². The predicted octanol–water partition coefficient (Wildman–Crippen LogP) is 3.17. The largest absolute Gasteiger partial charge is 0.488 e. The minimum atomic E-state index is -0.365. The zero-order chi connectivity index (χ0) is 24.4. The second-order valence-corrected chi connectivity index (χ2v) is 8.75.